The first-order chi connectivity index (χ1) is 21.1. The number of anilines is 1. The van der Waals surface area contributed by atoms with E-state index in [1.165, 1.54) is 24.4 Å². The molecule has 0 unspecified atom stereocenters. The average molecular weight is 636 g/mol. The summed E-state index contributed by atoms with van der Waals surface area (Å²) in [6.07, 6.45) is 1.65. The molecule has 3 amide bonds. The van der Waals surface area contributed by atoms with E-state index in [2.05, 4.69) is 21.2 Å². The van der Waals surface area contributed by atoms with Crippen LogP contribution in [0.2, 0.25) is 5.02 Å². The van der Waals surface area contributed by atoms with E-state index in [1.807, 2.05) is 37.3 Å². The van der Waals surface area contributed by atoms with Gasteiger partial charge < -0.3 is 15.1 Å². The molecule has 3 aromatic carbocycles. The van der Waals surface area contributed by atoms with E-state index in [0.717, 1.165) is 15.4 Å². The molecule has 3 N–H and O–H groups in total. The van der Waals surface area contributed by atoms with Gasteiger partial charge in [0.2, 0.25) is 10.0 Å². The van der Waals surface area contributed by atoms with Crippen LogP contribution in [0.25, 0.3) is 0 Å². The van der Waals surface area contributed by atoms with Crippen molar-refractivity contribution in [3.05, 3.63) is 119 Å². The fourth-order valence-corrected chi connectivity index (χ4v) is 5.55. The fourth-order valence-electron chi connectivity index (χ4n) is 3.97. The summed E-state index contributed by atoms with van der Waals surface area (Å²) < 4.78 is 33.4. The summed E-state index contributed by atoms with van der Waals surface area (Å²) in [4.78, 5) is 37.1. The van der Waals surface area contributed by atoms with Gasteiger partial charge in [0.25, 0.3) is 5.91 Å². The molecule has 0 aliphatic rings. The number of hydrogen-bond donors (Lipinski definition) is 3. The lowest BCUT2D eigenvalue weighted by molar-refractivity contribution is -0.136. The summed E-state index contributed by atoms with van der Waals surface area (Å²) in [5.41, 5.74) is 4.55. The first-order valence-corrected chi connectivity index (χ1v) is 15.3. The Morgan fingerprint density at radius 2 is 1.68 bits per heavy atom. The van der Waals surface area contributed by atoms with E-state index in [9.17, 15) is 22.8 Å². The zero-order chi connectivity index (χ0) is 31.5. The molecular weight excluding hydrogens is 606 g/mol. The van der Waals surface area contributed by atoms with Crippen molar-refractivity contribution in [2.75, 3.05) is 18.4 Å². The number of halogens is 1. The van der Waals surface area contributed by atoms with Crippen molar-refractivity contribution in [2.45, 2.75) is 24.8 Å². The Morgan fingerprint density at radius 1 is 0.932 bits per heavy atom. The smallest absolute Gasteiger partial charge is 0.313 e. The van der Waals surface area contributed by atoms with Crippen LogP contribution in [0, 0.1) is 6.92 Å². The molecule has 0 spiro atoms. The first-order valence-electron chi connectivity index (χ1n) is 13.5. The molecule has 0 atom stereocenters. The monoisotopic (exact) mass is 635 g/mol. The maximum atomic E-state index is 13.4. The number of nitrogens with zero attached hydrogens (tertiary/aromatic N) is 2. The molecule has 4 aromatic rings. The van der Waals surface area contributed by atoms with Crippen LogP contribution in [0.5, 0.6) is 0 Å². The second-order valence-electron chi connectivity index (χ2n) is 9.63. The standard InChI is InChI=1S/C31H30ClN5O6S/c1-22-10-14-28(15-11-22)44(41,42)37(17-16-23-6-3-2-4-7-23)21-29(38)36-34-20-27-13-12-26(43-27)19-33-30(39)31(40)35-25-9-5-8-24(32)18-25/h2-15,18,20H,16-17,19,21H2,1H3,(H,33,39)(H,35,40)(H,36,38)/b34-20-. The van der Waals surface area contributed by atoms with Gasteiger partial charge in [0, 0.05) is 17.3 Å². The number of hydrazone groups is 1. The minimum absolute atomic E-state index is 0.0742. The second kappa shape index (κ2) is 15.1. The number of amides is 3. The lowest BCUT2D eigenvalue weighted by Gasteiger charge is -2.21. The number of carbonyl (C=O) groups is 3. The molecule has 0 aliphatic carbocycles. The molecule has 0 fully saturated rings. The molecule has 0 aliphatic heterocycles. The van der Waals surface area contributed by atoms with Crippen molar-refractivity contribution in [2.24, 2.45) is 5.10 Å². The van der Waals surface area contributed by atoms with E-state index >= 15 is 0 Å². The highest BCUT2D eigenvalue weighted by atomic mass is 35.5. The zero-order valence-corrected chi connectivity index (χ0v) is 25.3. The third-order valence-electron chi connectivity index (χ3n) is 6.25. The summed E-state index contributed by atoms with van der Waals surface area (Å²) in [5, 5.41) is 9.17. The Balaban J connectivity index is 1.31. The highest BCUT2D eigenvalue weighted by Gasteiger charge is 2.26. The van der Waals surface area contributed by atoms with Crippen LogP contribution in [-0.2, 0) is 37.4 Å². The van der Waals surface area contributed by atoms with Crippen LogP contribution in [0.1, 0.15) is 22.6 Å². The topological polar surface area (TPSA) is 150 Å². The van der Waals surface area contributed by atoms with Gasteiger partial charge in [0.05, 0.1) is 24.2 Å². The highest BCUT2D eigenvalue weighted by molar-refractivity contribution is 7.89. The predicted molar refractivity (Wildman–Crippen MR) is 166 cm³/mol. The summed E-state index contributed by atoms with van der Waals surface area (Å²) in [5.74, 6) is -1.80. The van der Waals surface area contributed by atoms with Gasteiger partial charge in [0.1, 0.15) is 11.5 Å². The lowest BCUT2D eigenvalue weighted by Crippen LogP contribution is -2.40. The Kier molecular flexibility index (Phi) is 11.0. The van der Waals surface area contributed by atoms with E-state index in [-0.39, 0.29) is 23.7 Å². The predicted octanol–water partition coefficient (Wildman–Crippen LogP) is 3.88. The van der Waals surface area contributed by atoms with Crippen molar-refractivity contribution < 1.29 is 27.2 Å². The molecule has 0 saturated heterocycles. The van der Waals surface area contributed by atoms with Crippen molar-refractivity contribution in [3.8, 4) is 0 Å². The molecule has 228 valence electrons. The molecule has 4 rings (SSSR count). The molecule has 0 saturated carbocycles. The minimum atomic E-state index is -3.96. The van der Waals surface area contributed by atoms with Gasteiger partial charge in [0.15, 0.2) is 0 Å². The average Bonchev–Trinajstić information content (AvgIpc) is 3.46. The minimum Gasteiger partial charge on any atom is -0.458 e. The Labute approximate surface area is 260 Å². The van der Waals surface area contributed by atoms with Gasteiger partial charge in [-0.05, 0) is 61.4 Å². The van der Waals surface area contributed by atoms with Crippen molar-refractivity contribution in [1.82, 2.24) is 15.0 Å². The number of benzene rings is 3. The fraction of sp³-hybridized carbons (Fsp3) is 0.161. The Bertz CT molecular complexity index is 1740. The second-order valence-corrected chi connectivity index (χ2v) is 12.0. The Hall–Kier alpha value is -4.78. The van der Waals surface area contributed by atoms with Gasteiger partial charge in [-0.25, -0.2) is 13.8 Å². The number of aryl methyl sites for hydroxylation is 1. The third-order valence-corrected chi connectivity index (χ3v) is 8.34. The SMILES string of the molecule is Cc1ccc(S(=O)(=O)N(CCc2ccccc2)CC(=O)N/N=C\c2ccc(CNC(=O)C(=O)Nc3cccc(Cl)c3)o2)cc1. The number of sulfonamides is 1. The summed E-state index contributed by atoms with van der Waals surface area (Å²) in [6.45, 7) is 1.42. The van der Waals surface area contributed by atoms with Crippen LogP contribution in [0.15, 0.2) is 105 Å². The number of rotatable bonds is 12. The van der Waals surface area contributed by atoms with Crippen molar-refractivity contribution in [3.63, 3.8) is 0 Å². The van der Waals surface area contributed by atoms with E-state index in [4.69, 9.17) is 16.0 Å². The zero-order valence-electron chi connectivity index (χ0n) is 23.7. The maximum Gasteiger partial charge on any atom is 0.313 e. The first kappa shape index (κ1) is 32.1. The van der Waals surface area contributed by atoms with E-state index in [1.54, 1.807) is 42.5 Å². The molecule has 44 heavy (non-hydrogen) atoms. The van der Waals surface area contributed by atoms with Crippen LogP contribution >= 0.6 is 11.6 Å². The van der Waals surface area contributed by atoms with Gasteiger partial charge in [-0.15, -0.1) is 0 Å². The molecule has 13 heteroatoms. The highest BCUT2D eigenvalue weighted by Crippen LogP contribution is 2.18. The van der Waals surface area contributed by atoms with E-state index < -0.39 is 34.3 Å². The van der Waals surface area contributed by atoms with Crippen LogP contribution in [0.4, 0.5) is 5.69 Å². The van der Waals surface area contributed by atoms with Crippen molar-refractivity contribution in [1.29, 1.82) is 0 Å². The van der Waals surface area contributed by atoms with E-state index in [0.29, 0.717) is 22.9 Å². The maximum absolute atomic E-state index is 13.4. The summed E-state index contributed by atoms with van der Waals surface area (Å²) in [7, 11) is -3.96. The van der Waals surface area contributed by atoms with Gasteiger partial charge in [-0.3, -0.25) is 14.4 Å². The molecule has 0 radical (unpaired) electrons. The van der Waals surface area contributed by atoms with Crippen LogP contribution in [0.3, 0.4) is 0 Å². The third kappa shape index (κ3) is 9.36. The normalized spacial score (nSPS) is 11.4. The summed E-state index contributed by atoms with van der Waals surface area (Å²) in [6, 6.07) is 25.3. The molecule has 0 bridgehead atoms. The number of hydrogen-bond acceptors (Lipinski definition) is 7. The van der Waals surface area contributed by atoms with Gasteiger partial charge in [-0.2, -0.15) is 9.41 Å². The lowest BCUT2D eigenvalue weighted by atomic mass is 10.1. The molecular formula is C31H30ClN5O6S. The molecule has 11 nitrogen and oxygen atoms in total. The number of furan rings is 1. The summed E-state index contributed by atoms with van der Waals surface area (Å²) >= 11 is 5.88. The largest absolute Gasteiger partial charge is 0.458 e. The van der Waals surface area contributed by atoms with Crippen LogP contribution in [-0.4, -0.2) is 49.7 Å². The van der Waals surface area contributed by atoms with Gasteiger partial charge in [-0.1, -0.05) is 65.7 Å². The van der Waals surface area contributed by atoms with Crippen LogP contribution < -0.4 is 16.1 Å². The quantitative estimate of drug-likeness (QED) is 0.122. The molecule has 1 aromatic heterocycles. The number of nitrogens with one attached hydrogen (secondary N) is 3. The number of carbonyl (C=O) groups excluding carboxylic acids is 3. The molecule has 1 heterocycles. The van der Waals surface area contributed by atoms with Crippen molar-refractivity contribution >= 4 is 51.2 Å². The Morgan fingerprint density at radius 3 is 2.41 bits per heavy atom. The van der Waals surface area contributed by atoms with Gasteiger partial charge >= 0.3 is 11.8 Å².